The van der Waals surface area contributed by atoms with Crippen molar-refractivity contribution in [3.05, 3.63) is 6.33 Å². The maximum absolute atomic E-state index is 16.0. The van der Waals surface area contributed by atoms with Gasteiger partial charge in [-0.3, -0.25) is 18.1 Å². The van der Waals surface area contributed by atoms with Gasteiger partial charge in [0.25, 0.3) is 0 Å². The van der Waals surface area contributed by atoms with Crippen molar-refractivity contribution >= 4 is 24.9 Å². The Morgan fingerprint density at radius 2 is 2.23 bits per heavy atom. The van der Waals surface area contributed by atoms with Gasteiger partial charge in [0, 0.05) is 0 Å². The summed E-state index contributed by atoms with van der Waals surface area (Å²) in [7, 11) is -3.91. The van der Waals surface area contributed by atoms with Gasteiger partial charge in [-0.25, -0.2) is 13.9 Å². The summed E-state index contributed by atoms with van der Waals surface area (Å²) in [6, 6.07) is 0. The van der Waals surface area contributed by atoms with Crippen molar-refractivity contribution in [2.75, 3.05) is 18.9 Å². The number of nitrogens with zero attached hydrogens (tertiary/aromatic N) is 4. The minimum Gasteiger partial charge on any atom is -0.476 e. The predicted octanol–water partition coefficient (Wildman–Crippen LogP) is 2.77. The minimum absolute atomic E-state index is 0.0410. The first kappa shape index (κ1) is 21.4. The van der Waals surface area contributed by atoms with Gasteiger partial charge in [-0.15, -0.1) is 0 Å². The normalized spacial score (nSPS) is 33.9. The number of fused-ring (bicyclic) bond motifs is 2. The van der Waals surface area contributed by atoms with Crippen LogP contribution in [0.2, 0.25) is 0 Å². The lowest BCUT2D eigenvalue weighted by molar-refractivity contribution is -0.0733. The molecule has 2 aliphatic heterocycles. The monoisotopic (exact) mass is 445 g/mol. The van der Waals surface area contributed by atoms with Gasteiger partial charge in [-0.2, -0.15) is 9.97 Å². The fourth-order valence-corrected chi connectivity index (χ4v) is 5.17. The Hall–Kier alpha value is -1.85. The molecule has 2 saturated heterocycles. The molecule has 4 rings (SSSR count). The molecule has 2 aromatic rings. The highest BCUT2D eigenvalue weighted by Gasteiger charge is 2.61. The highest BCUT2D eigenvalue weighted by Crippen LogP contribution is 2.60. The van der Waals surface area contributed by atoms with Gasteiger partial charge in [0.05, 0.1) is 25.6 Å². The molecule has 11 nitrogen and oxygen atoms in total. The van der Waals surface area contributed by atoms with E-state index in [1.54, 1.807) is 13.8 Å². The molecule has 0 unspecified atom stereocenters. The highest BCUT2D eigenvalue weighted by atomic mass is 31.2. The summed E-state index contributed by atoms with van der Waals surface area (Å²) in [5, 5.41) is 0. The predicted molar refractivity (Wildman–Crippen MR) is 104 cm³/mol. The van der Waals surface area contributed by atoms with Crippen LogP contribution < -0.4 is 10.5 Å². The fraction of sp³-hybridized carbons (Fsp3) is 0.706. The zero-order valence-electron chi connectivity index (χ0n) is 17.1. The second-order valence-electron chi connectivity index (χ2n) is 7.66. The smallest absolute Gasteiger partial charge is 0.475 e. The summed E-state index contributed by atoms with van der Waals surface area (Å²) in [5.74, 6) is 0.171. The minimum atomic E-state index is -3.91. The number of nitrogen functional groups attached to an aromatic ring is 1. The summed E-state index contributed by atoms with van der Waals surface area (Å²) < 4.78 is 57.5. The molecule has 30 heavy (non-hydrogen) atoms. The fourth-order valence-electron chi connectivity index (χ4n) is 3.53. The van der Waals surface area contributed by atoms with Crippen molar-refractivity contribution in [2.45, 2.75) is 64.3 Å². The summed E-state index contributed by atoms with van der Waals surface area (Å²) in [6.45, 7) is 6.89. The largest absolute Gasteiger partial charge is 0.476 e. The number of alkyl halides is 1. The number of imidazole rings is 1. The van der Waals surface area contributed by atoms with E-state index in [-0.39, 0.29) is 24.1 Å². The third-order valence-corrected chi connectivity index (χ3v) is 6.39. The van der Waals surface area contributed by atoms with E-state index in [4.69, 9.17) is 28.8 Å². The second-order valence-corrected chi connectivity index (χ2v) is 9.24. The molecule has 0 radical (unpaired) electrons. The molecule has 13 heteroatoms. The summed E-state index contributed by atoms with van der Waals surface area (Å²) >= 11 is 0. The molecule has 0 aliphatic carbocycles. The Kier molecular flexibility index (Phi) is 5.48. The van der Waals surface area contributed by atoms with Gasteiger partial charge in [0.2, 0.25) is 11.8 Å². The Labute approximate surface area is 172 Å². The average molecular weight is 445 g/mol. The van der Waals surface area contributed by atoms with Gasteiger partial charge in [0.15, 0.2) is 23.1 Å². The van der Waals surface area contributed by atoms with Crippen LogP contribution in [-0.2, 0) is 22.9 Å². The molecule has 5 atom stereocenters. The number of ether oxygens (including phenoxy) is 2. The Balaban J connectivity index is 1.68. The molecule has 0 saturated carbocycles. The molecule has 0 spiro atoms. The SMILES string of the molecule is CCCOc1nc(N)nc2c1ncn2[C@@H]1O[C@@H]2CO[P@@](=O)(OC(C)C)O[C@H]2[C@@]1(C)F. The molecule has 0 bridgehead atoms. The standard InChI is InChI=1S/C17H25FN5O6P/c1-5-6-25-14-11-13(21-16(19)22-14)23(8-20-11)15-17(4,18)12-10(27-15)7-26-30(24,29-12)28-9(2)3/h8-10,12,15H,5-7H2,1-4H3,(H2,19,21,22)/t10-,12-,15-,17-,30+/m1/s1. The third-order valence-electron chi connectivity index (χ3n) is 4.76. The molecule has 2 aromatic heterocycles. The molecule has 2 N–H and O–H groups in total. The van der Waals surface area contributed by atoms with Crippen molar-refractivity contribution in [3.63, 3.8) is 0 Å². The Morgan fingerprint density at radius 1 is 1.47 bits per heavy atom. The van der Waals surface area contributed by atoms with Gasteiger partial charge in [-0.05, 0) is 27.2 Å². The van der Waals surface area contributed by atoms with Crippen LogP contribution in [0.1, 0.15) is 40.3 Å². The number of hydrogen-bond acceptors (Lipinski definition) is 10. The van der Waals surface area contributed by atoms with E-state index < -0.39 is 38.0 Å². The molecule has 0 amide bonds. The molecule has 0 aromatic carbocycles. The summed E-state index contributed by atoms with van der Waals surface area (Å²) in [6.07, 6.45) is -1.43. The van der Waals surface area contributed by atoms with Crippen LogP contribution in [0, 0.1) is 0 Å². The third kappa shape index (κ3) is 3.67. The number of nitrogens with two attached hydrogens (primary N) is 1. The maximum atomic E-state index is 16.0. The number of aromatic nitrogens is 4. The lowest BCUT2D eigenvalue weighted by atomic mass is 9.98. The van der Waals surface area contributed by atoms with Crippen LogP contribution in [0.15, 0.2) is 6.33 Å². The lowest BCUT2D eigenvalue weighted by Gasteiger charge is -2.34. The van der Waals surface area contributed by atoms with Crippen molar-refractivity contribution < 1.29 is 32.0 Å². The van der Waals surface area contributed by atoms with Crippen LogP contribution in [0.5, 0.6) is 5.88 Å². The van der Waals surface area contributed by atoms with Crippen molar-refractivity contribution in [3.8, 4) is 5.88 Å². The van der Waals surface area contributed by atoms with Crippen LogP contribution in [-0.4, -0.2) is 56.7 Å². The number of halogens is 1. The molecular formula is C17H25FN5O6P. The van der Waals surface area contributed by atoms with E-state index in [1.165, 1.54) is 17.8 Å². The van der Waals surface area contributed by atoms with Gasteiger partial charge < -0.3 is 15.2 Å². The molecular weight excluding hydrogens is 420 g/mol. The zero-order valence-corrected chi connectivity index (χ0v) is 18.0. The van der Waals surface area contributed by atoms with Crippen molar-refractivity contribution in [1.29, 1.82) is 0 Å². The first-order chi connectivity index (χ1) is 14.1. The van der Waals surface area contributed by atoms with E-state index >= 15 is 4.39 Å². The topological polar surface area (TPSA) is 133 Å². The van der Waals surface area contributed by atoms with Gasteiger partial charge >= 0.3 is 7.82 Å². The van der Waals surface area contributed by atoms with Crippen molar-refractivity contribution in [1.82, 2.24) is 19.5 Å². The number of rotatable bonds is 6. The lowest BCUT2D eigenvalue weighted by Crippen LogP contribution is -2.45. The van der Waals surface area contributed by atoms with Gasteiger partial charge in [0.1, 0.15) is 12.2 Å². The molecule has 2 fully saturated rings. The van der Waals surface area contributed by atoms with Crippen LogP contribution in [0.25, 0.3) is 11.2 Å². The first-order valence-corrected chi connectivity index (χ1v) is 11.2. The highest BCUT2D eigenvalue weighted by molar-refractivity contribution is 7.48. The number of anilines is 1. The number of hydrogen-bond donors (Lipinski definition) is 1. The molecule has 166 valence electrons. The van der Waals surface area contributed by atoms with Crippen LogP contribution >= 0.6 is 7.82 Å². The molecule has 4 heterocycles. The number of phosphoric acid groups is 1. The number of phosphoric ester groups is 1. The quantitative estimate of drug-likeness (QED) is 0.662. The second kappa shape index (κ2) is 7.69. The van der Waals surface area contributed by atoms with E-state index in [9.17, 15) is 4.57 Å². The summed E-state index contributed by atoms with van der Waals surface area (Å²) in [5.41, 5.74) is 4.30. The van der Waals surface area contributed by atoms with E-state index in [0.29, 0.717) is 12.1 Å². The van der Waals surface area contributed by atoms with Crippen molar-refractivity contribution in [2.24, 2.45) is 0 Å². The summed E-state index contributed by atoms with van der Waals surface area (Å²) in [4.78, 5) is 12.5. The zero-order chi connectivity index (χ0) is 21.7. The first-order valence-electron chi connectivity index (χ1n) is 9.73. The Bertz CT molecular complexity index is 985. The van der Waals surface area contributed by atoms with Gasteiger partial charge in [-0.1, -0.05) is 6.92 Å². The van der Waals surface area contributed by atoms with E-state index in [0.717, 1.165) is 6.42 Å². The van der Waals surface area contributed by atoms with E-state index in [2.05, 4.69) is 15.0 Å². The maximum Gasteiger partial charge on any atom is 0.475 e. The van der Waals surface area contributed by atoms with Crippen LogP contribution in [0.3, 0.4) is 0 Å². The Morgan fingerprint density at radius 3 is 2.93 bits per heavy atom. The molecule has 2 aliphatic rings. The van der Waals surface area contributed by atoms with E-state index in [1.807, 2.05) is 6.92 Å². The average Bonchev–Trinajstić information content (AvgIpc) is 3.17. The van der Waals surface area contributed by atoms with Crippen LogP contribution in [0.4, 0.5) is 10.3 Å².